The Morgan fingerprint density at radius 3 is 2.84 bits per heavy atom. The fourth-order valence-electron chi connectivity index (χ4n) is 1.71. The Bertz CT molecular complexity index is 671. The molecule has 0 aliphatic carbocycles. The van der Waals surface area contributed by atoms with Crippen molar-refractivity contribution in [2.24, 2.45) is 0 Å². The largest absolute Gasteiger partial charge is 0.311 e. The molecule has 2 rings (SSSR count). The normalized spacial score (nSPS) is 10.5. The van der Waals surface area contributed by atoms with E-state index in [1.54, 1.807) is 13.0 Å². The zero-order valence-electron chi connectivity index (χ0n) is 11.0. The van der Waals surface area contributed by atoms with Gasteiger partial charge in [-0.3, -0.25) is 14.6 Å². The van der Waals surface area contributed by atoms with Gasteiger partial charge >= 0.3 is 0 Å². The number of rotatable bonds is 3. The molecule has 100 valence electrons. The Kier molecular flexibility index (Phi) is 3.46. The van der Waals surface area contributed by atoms with Gasteiger partial charge < -0.3 is 5.32 Å². The molecule has 0 aliphatic rings. The Balaban J connectivity index is 2.54. The molecule has 0 saturated heterocycles. The van der Waals surface area contributed by atoms with Gasteiger partial charge in [-0.2, -0.15) is 9.78 Å². The summed E-state index contributed by atoms with van der Waals surface area (Å²) in [6.07, 6.45) is 0.645. The van der Waals surface area contributed by atoms with Crippen LogP contribution in [0.4, 0.5) is 5.82 Å². The van der Waals surface area contributed by atoms with E-state index in [9.17, 15) is 9.59 Å². The molecule has 7 heteroatoms. The summed E-state index contributed by atoms with van der Waals surface area (Å²) in [7, 11) is 0. The predicted molar refractivity (Wildman–Crippen MR) is 70.4 cm³/mol. The van der Waals surface area contributed by atoms with Crippen LogP contribution in [0, 0.1) is 6.92 Å². The lowest BCUT2D eigenvalue weighted by atomic mass is 10.3. The molecule has 2 N–H and O–H groups in total. The average molecular weight is 261 g/mol. The second-order valence-corrected chi connectivity index (χ2v) is 4.18. The number of anilines is 1. The number of carbonyl (C=O) groups is 1. The van der Waals surface area contributed by atoms with E-state index in [1.807, 2.05) is 6.92 Å². The monoisotopic (exact) mass is 261 g/mol. The number of amides is 1. The van der Waals surface area contributed by atoms with Crippen molar-refractivity contribution in [1.82, 2.24) is 19.7 Å². The van der Waals surface area contributed by atoms with Crippen molar-refractivity contribution in [3.8, 4) is 5.95 Å². The molecule has 0 radical (unpaired) electrons. The van der Waals surface area contributed by atoms with Crippen molar-refractivity contribution in [3.63, 3.8) is 0 Å². The van der Waals surface area contributed by atoms with E-state index in [0.717, 1.165) is 0 Å². The lowest BCUT2D eigenvalue weighted by Crippen LogP contribution is -2.17. The minimum atomic E-state index is -0.247. The van der Waals surface area contributed by atoms with E-state index in [4.69, 9.17) is 0 Å². The number of aromatic amines is 1. The van der Waals surface area contributed by atoms with Crippen LogP contribution in [-0.4, -0.2) is 25.7 Å². The van der Waals surface area contributed by atoms with Crippen molar-refractivity contribution in [2.75, 3.05) is 5.32 Å². The molecule has 1 amide bonds. The van der Waals surface area contributed by atoms with Crippen molar-refractivity contribution in [3.05, 3.63) is 33.9 Å². The Morgan fingerprint density at radius 1 is 1.47 bits per heavy atom. The van der Waals surface area contributed by atoms with E-state index in [1.165, 1.54) is 17.7 Å². The SMILES string of the molecule is CCc1cc(=O)[nH]c(-n2nc(C)cc2NC(C)=O)n1. The number of aryl methyl sites for hydroxylation is 2. The molecule has 0 saturated carbocycles. The smallest absolute Gasteiger partial charge is 0.252 e. The van der Waals surface area contributed by atoms with Gasteiger partial charge in [0.05, 0.1) is 5.69 Å². The molecule has 7 nitrogen and oxygen atoms in total. The first-order chi connectivity index (χ1) is 8.99. The fraction of sp³-hybridized carbons (Fsp3) is 0.333. The standard InChI is InChI=1S/C12H15N5O2/c1-4-9-6-11(19)15-12(14-9)17-10(13-8(3)18)5-7(2)16-17/h5-6H,4H2,1-3H3,(H,13,18)(H,14,15,19). The number of H-pyrrole nitrogens is 1. The van der Waals surface area contributed by atoms with Crippen LogP contribution in [0.2, 0.25) is 0 Å². The first kappa shape index (κ1) is 13.0. The highest BCUT2D eigenvalue weighted by atomic mass is 16.1. The molecule has 0 fully saturated rings. The molecular weight excluding hydrogens is 246 g/mol. The summed E-state index contributed by atoms with van der Waals surface area (Å²) in [5.74, 6) is 0.553. The molecule has 0 unspecified atom stereocenters. The van der Waals surface area contributed by atoms with Gasteiger partial charge in [0.25, 0.3) is 5.56 Å². The highest BCUT2D eigenvalue weighted by molar-refractivity contribution is 5.87. The second kappa shape index (κ2) is 5.05. The highest BCUT2D eigenvalue weighted by Crippen LogP contribution is 2.13. The van der Waals surface area contributed by atoms with Gasteiger partial charge in [-0.25, -0.2) is 4.98 Å². The zero-order valence-corrected chi connectivity index (χ0v) is 11.0. The Labute approximate surface area is 109 Å². The summed E-state index contributed by atoms with van der Waals surface area (Å²) in [5.41, 5.74) is 1.14. The van der Waals surface area contributed by atoms with E-state index in [-0.39, 0.29) is 11.5 Å². The Hall–Kier alpha value is -2.44. The predicted octanol–water partition coefficient (Wildman–Crippen LogP) is 0.785. The fourth-order valence-corrected chi connectivity index (χ4v) is 1.71. The number of hydrogen-bond donors (Lipinski definition) is 2. The van der Waals surface area contributed by atoms with E-state index < -0.39 is 0 Å². The number of aromatic nitrogens is 4. The van der Waals surface area contributed by atoms with Crippen molar-refractivity contribution >= 4 is 11.7 Å². The van der Waals surface area contributed by atoms with Crippen LogP contribution in [0.5, 0.6) is 0 Å². The molecule has 0 bridgehead atoms. The number of hydrogen-bond acceptors (Lipinski definition) is 4. The number of nitrogens with zero attached hydrogens (tertiary/aromatic N) is 3. The summed E-state index contributed by atoms with van der Waals surface area (Å²) < 4.78 is 1.41. The lowest BCUT2D eigenvalue weighted by Gasteiger charge is -2.07. The molecule has 0 aliphatic heterocycles. The van der Waals surface area contributed by atoms with E-state index in [2.05, 4.69) is 20.4 Å². The van der Waals surface area contributed by atoms with E-state index in [0.29, 0.717) is 29.6 Å². The Morgan fingerprint density at radius 2 is 2.21 bits per heavy atom. The maximum atomic E-state index is 11.6. The van der Waals surface area contributed by atoms with Gasteiger partial charge in [0.2, 0.25) is 11.9 Å². The topological polar surface area (TPSA) is 92.7 Å². The summed E-state index contributed by atoms with van der Waals surface area (Å²) in [5, 5.41) is 6.87. The minimum Gasteiger partial charge on any atom is -0.311 e. The third-order valence-corrected chi connectivity index (χ3v) is 2.48. The summed E-state index contributed by atoms with van der Waals surface area (Å²) in [6.45, 7) is 5.11. The quantitative estimate of drug-likeness (QED) is 0.854. The van der Waals surface area contributed by atoms with Crippen molar-refractivity contribution < 1.29 is 4.79 Å². The van der Waals surface area contributed by atoms with Gasteiger partial charge in [0.1, 0.15) is 5.82 Å². The first-order valence-corrected chi connectivity index (χ1v) is 5.94. The van der Waals surface area contributed by atoms with Gasteiger partial charge in [-0.15, -0.1) is 0 Å². The second-order valence-electron chi connectivity index (χ2n) is 4.18. The van der Waals surface area contributed by atoms with Crippen LogP contribution in [0.3, 0.4) is 0 Å². The maximum absolute atomic E-state index is 11.6. The summed E-state index contributed by atoms with van der Waals surface area (Å²) in [6, 6.07) is 3.15. The van der Waals surface area contributed by atoms with Gasteiger partial charge in [0.15, 0.2) is 0 Å². The van der Waals surface area contributed by atoms with Crippen LogP contribution in [-0.2, 0) is 11.2 Å². The molecule has 0 atom stereocenters. The summed E-state index contributed by atoms with van der Waals surface area (Å²) in [4.78, 5) is 29.6. The molecule has 2 aromatic rings. The summed E-state index contributed by atoms with van der Waals surface area (Å²) >= 11 is 0. The maximum Gasteiger partial charge on any atom is 0.252 e. The lowest BCUT2D eigenvalue weighted by molar-refractivity contribution is -0.114. The van der Waals surface area contributed by atoms with Gasteiger partial charge in [-0.05, 0) is 13.3 Å². The molecule has 19 heavy (non-hydrogen) atoms. The van der Waals surface area contributed by atoms with Gasteiger partial charge in [0, 0.05) is 24.8 Å². The zero-order chi connectivity index (χ0) is 14.0. The van der Waals surface area contributed by atoms with Crippen LogP contribution in [0.15, 0.2) is 16.9 Å². The molecule has 0 aromatic carbocycles. The van der Waals surface area contributed by atoms with Crippen molar-refractivity contribution in [2.45, 2.75) is 27.2 Å². The third kappa shape index (κ3) is 2.87. The van der Waals surface area contributed by atoms with Gasteiger partial charge in [-0.1, -0.05) is 6.92 Å². The molecule has 2 heterocycles. The van der Waals surface area contributed by atoms with Crippen LogP contribution in [0.25, 0.3) is 5.95 Å². The first-order valence-electron chi connectivity index (χ1n) is 5.94. The third-order valence-electron chi connectivity index (χ3n) is 2.48. The average Bonchev–Trinajstić information content (AvgIpc) is 2.68. The number of nitrogens with one attached hydrogen (secondary N) is 2. The van der Waals surface area contributed by atoms with Crippen LogP contribution in [0.1, 0.15) is 25.2 Å². The molecule has 2 aromatic heterocycles. The van der Waals surface area contributed by atoms with Crippen LogP contribution >= 0.6 is 0 Å². The number of carbonyl (C=O) groups excluding carboxylic acids is 1. The molecule has 0 spiro atoms. The van der Waals surface area contributed by atoms with Crippen molar-refractivity contribution in [1.29, 1.82) is 0 Å². The minimum absolute atomic E-state index is 0.213. The van der Waals surface area contributed by atoms with E-state index >= 15 is 0 Å². The molecular formula is C12H15N5O2. The van der Waals surface area contributed by atoms with Crippen LogP contribution < -0.4 is 10.9 Å². The highest BCUT2D eigenvalue weighted by Gasteiger charge is 2.11.